The number of rotatable bonds is 1. The molecule has 2 bridgehead atoms. The number of likely N-dealkylation sites (N-methyl/N-ethyl adjacent to an activating group) is 1. The largest absolute Gasteiger partial charge is 0.493 e. The van der Waals surface area contributed by atoms with Crippen LogP contribution in [0.15, 0.2) is 24.2 Å². The Morgan fingerprint density at radius 1 is 1.50 bits per heavy atom. The smallest absolute Gasteiger partial charge is 0.165 e. The van der Waals surface area contributed by atoms with Crippen molar-refractivity contribution in [2.24, 2.45) is 5.92 Å². The zero-order valence-corrected chi connectivity index (χ0v) is 12.3. The van der Waals surface area contributed by atoms with E-state index in [4.69, 9.17) is 16.3 Å². The second-order valence-corrected chi connectivity index (χ2v) is 6.85. The highest BCUT2D eigenvalue weighted by atomic mass is 16.5. The van der Waals surface area contributed by atoms with E-state index >= 15 is 0 Å². The van der Waals surface area contributed by atoms with E-state index < -0.39 is 24.7 Å². The first-order valence-corrected chi connectivity index (χ1v) is 7.74. The maximum absolute atomic E-state index is 10.6. The van der Waals surface area contributed by atoms with Gasteiger partial charge in [-0.1, -0.05) is 18.2 Å². The number of nitrogens with zero attached hydrogens (tertiary/aromatic N) is 1. The van der Waals surface area contributed by atoms with Gasteiger partial charge in [0.2, 0.25) is 0 Å². The molecule has 4 heteroatoms. The van der Waals surface area contributed by atoms with Crippen LogP contribution < -0.4 is 9.47 Å². The lowest BCUT2D eigenvalue weighted by Crippen LogP contribution is -2.64. The third-order valence-corrected chi connectivity index (χ3v) is 6.07. The molecule has 2 heterocycles. The highest BCUT2D eigenvalue weighted by Gasteiger charge is 2.64. The van der Waals surface area contributed by atoms with E-state index in [-0.39, 0.29) is 35.5 Å². The van der Waals surface area contributed by atoms with E-state index in [9.17, 15) is 5.11 Å². The normalized spacial score (nSPS) is 44.9. The Morgan fingerprint density at radius 2 is 2.41 bits per heavy atom. The number of benzene rings is 1. The molecule has 2 unspecified atom stereocenters. The van der Waals surface area contributed by atoms with Gasteiger partial charge in [0.15, 0.2) is 11.5 Å². The molecule has 116 valence electrons. The second-order valence-electron chi connectivity index (χ2n) is 6.85. The van der Waals surface area contributed by atoms with Crippen LogP contribution in [-0.4, -0.2) is 48.9 Å². The quantitative estimate of drug-likeness (QED) is 0.799. The van der Waals surface area contributed by atoms with E-state index in [2.05, 4.69) is 11.9 Å². The molecule has 5 rings (SSSR count). The molecule has 2 aliphatic heterocycles. The highest BCUT2D eigenvalue weighted by molar-refractivity contribution is 5.62. The second kappa shape index (κ2) is 4.06. The Morgan fingerprint density at radius 3 is 3.27 bits per heavy atom. The molecule has 0 saturated carbocycles. The summed E-state index contributed by atoms with van der Waals surface area (Å²) >= 11 is 0. The Labute approximate surface area is 137 Å². The number of likely N-dealkylation sites (tertiary alicyclic amines) is 1. The summed E-state index contributed by atoms with van der Waals surface area (Å²) in [6, 6.07) is -0.110. The van der Waals surface area contributed by atoms with E-state index in [1.807, 2.05) is 6.08 Å². The molecule has 0 aromatic heterocycles. The number of hydrogen-bond donors (Lipinski definition) is 1. The number of ether oxygens (including phenoxy) is 2. The average molecular weight is 304 g/mol. The molecule has 5 atom stereocenters. The summed E-state index contributed by atoms with van der Waals surface area (Å²) in [5.41, 5.74) is 1.00. The fraction of sp³-hybridized carbons (Fsp3) is 0.556. The standard InChI is InChI=1S/C18H21NO3/c1-19-8-7-18-11-4-5-13(20)17(18)22-16-14(21-2)6-3-10(15(16)18)9-12(11)19/h3-6,11-13,17,20H,7-9H2,1-2H3/t11-,12+,13?,17?,18-/m0/s1/i2D3,3D,6D. The summed E-state index contributed by atoms with van der Waals surface area (Å²) in [7, 11) is -0.688. The van der Waals surface area contributed by atoms with Gasteiger partial charge < -0.3 is 19.5 Å². The highest BCUT2D eigenvalue weighted by Crippen LogP contribution is 2.62. The van der Waals surface area contributed by atoms with Gasteiger partial charge in [0.05, 0.1) is 13.9 Å². The van der Waals surface area contributed by atoms with Gasteiger partial charge in [-0.25, -0.2) is 0 Å². The first kappa shape index (κ1) is 8.94. The minimum Gasteiger partial charge on any atom is -0.493 e. The van der Waals surface area contributed by atoms with Crippen LogP contribution in [0, 0.1) is 5.92 Å². The molecular formula is C18H21NO3. The zero-order valence-electron chi connectivity index (χ0n) is 17.3. The van der Waals surface area contributed by atoms with Gasteiger partial charge in [0.1, 0.15) is 12.2 Å². The van der Waals surface area contributed by atoms with Crippen molar-refractivity contribution >= 4 is 0 Å². The fourth-order valence-corrected chi connectivity index (χ4v) is 5.14. The Bertz CT molecular complexity index is 870. The first-order valence-electron chi connectivity index (χ1n) is 10.2. The van der Waals surface area contributed by atoms with E-state index in [1.165, 1.54) is 0 Å². The lowest BCUT2D eigenvalue weighted by atomic mass is 9.53. The molecule has 2 aliphatic carbocycles. The van der Waals surface area contributed by atoms with Crippen molar-refractivity contribution in [3.05, 3.63) is 35.4 Å². The van der Waals surface area contributed by atoms with Gasteiger partial charge >= 0.3 is 0 Å². The molecule has 1 saturated heterocycles. The van der Waals surface area contributed by atoms with Gasteiger partial charge in [0.25, 0.3) is 0 Å². The van der Waals surface area contributed by atoms with Crippen LogP contribution in [0.25, 0.3) is 0 Å². The van der Waals surface area contributed by atoms with Crippen molar-refractivity contribution < 1.29 is 21.4 Å². The average Bonchev–Trinajstić information content (AvgIpc) is 2.93. The number of methoxy groups -OCH3 is 1. The van der Waals surface area contributed by atoms with E-state index in [0.29, 0.717) is 6.42 Å². The van der Waals surface area contributed by atoms with Crippen molar-refractivity contribution in [1.82, 2.24) is 4.90 Å². The van der Waals surface area contributed by atoms with Crippen LogP contribution in [-0.2, 0) is 11.8 Å². The number of aliphatic hydroxyl groups excluding tert-OH is 1. The molecule has 1 spiro atoms. The van der Waals surface area contributed by atoms with Crippen LogP contribution >= 0.6 is 0 Å². The van der Waals surface area contributed by atoms with Crippen LogP contribution in [0.3, 0.4) is 0 Å². The molecule has 1 aromatic carbocycles. The lowest BCUT2D eigenvalue weighted by Gasteiger charge is -2.56. The molecule has 4 aliphatic rings. The Hall–Kier alpha value is -1.52. The topological polar surface area (TPSA) is 41.9 Å². The zero-order chi connectivity index (χ0) is 19.3. The Kier molecular flexibility index (Phi) is 1.65. The minimum atomic E-state index is -2.75. The van der Waals surface area contributed by atoms with Crippen LogP contribution in [0.1, 0.15) is 24.4 Å². The predicted molar refractivity (Wildman–Crippen MR) is 82.5 cm³/mol. The molecule has 1 N–H and O–H groups in total. The van der Waals surface area contributed by atoms with Crippen LogP contribution in [0.5, 0.6) is 11.5 Å². The molecule has 0 radical (unpaired) electrons. The lowest BCUT2D eigenvalue weighted by molar-refractivity contribution is -0.0453. The molecule has 1 aromatic rings. The molecular weight excluding hydrogens is 278 g/mol. The van der Waals surface area contributed by atoms with E-state index in [1.54, 1.807) is 6.08 Å². The van der Waals surface area contributed by atoms with Gasteiger partial charge in [-0.15, -0.1) is 0 Å². The van der Waals surface area contributed by atoms with Crippen molar-refractivity contribution in [3.63, 3.8) is 0 Å². The van der Waals surface area contributed by atoms with E-state index in [0.717, 1.165) is 24.1 Å². The molecule has 0 amide bonds. The van der Waals surface area contributed by atoms with Gasteiger partial charge in [-0.2, -0.15) is 0 Å². The van der Waals surface area contributed by atoms with Crippen molar-refractivity contribution in [2.75, 3.05) is 20.6 Å². The summed E-state index contributed by atoms with van der Waals surface area (Å²) in [6.07, 6.45) is 3.75. The number of hydrogen-bond acceptors (Lipinski definition) is 4. The molecule has 4 nitrogen and oxygen atoms in total. The summed E-state index contributed by atoms with van der Waals surface area (Å²) in [4.78, 5) is 2.27. The summed E-state index contributed by atoms with van der Waals surface area (Å²) in [6.45, 7) is 0.825. The molecule has 22 heavy (non-hydrogen) atoms. The first-order chi connectivity index (χ1) is 12.6. The van der Waals surface area contributed by atoms with Crippen LogP contribution in [0.4, 0.5) is 0 Å². The maximum Gasteiger partial charge on any atom is 0.165 e. The summed E-state index contributed by atoms with van der Waals surface area (Å²) in [5, 5.41) is 10.6. The predicted octanol–water partition coefficient (Wildman–Crippen LogP) is 1.50. The monoisotopic (exact) mass is 304 g/mol. The van der Waals surface area contributed by atoms with Gasteiger partial charge in [-0.3, -0.25) is 0 Å². The fourth-order valence-electron chi connectivity index (χ4n) is 5.14. The third kappa shape index (κ3) is 1.28. The summed E-state index contributed by atoms with van der Waals surface area (Å²) in [5.74, 6) is 0.142. The maximum atomic E-state index is 10.6. The van der Waals surface area contributed by atoms with Crippen molar-refractivity contribution in [2.45, 2.75) is 36.5 Å². The number of piperidine rings is 1. The third-order valence-electron chi connectivity index (χ3n) is 6.07. The van der Waals surface area contributed by atoms with Gasteiger partial charge in [0, 0.05) is 22.9 Å². The molecule has 1 fully saturated rings. The number of aliphatic hydroxyl groups is 1. The van der Waals surface area contributed by atoms with Gasteiger partial charge in [-0.05, 0) is 38.0 Å². The van der Waals surface area contributed by atoms with Crippen molar-refractivity contribution in [3.8, 4) is 11.5 Å². The van der Waals surface area contributed by atoms with Crippen LogP contribution in [0.2, 0.25) is 0 Å². The van der Waals surface area contributed by atoms with Crippen molar-refractivity contribution in [1.29, 1.82) is 0 Å². The Balaban J connectivity index is 1.81. The SMILES string of the molecule is [2H]c1c([2H])c(OC([2H])([2H])[2H])c2c3c1C[C@@H]1[C@@H]4C=CC(O)C(O2)[C@]34CCN1C. The summed E-state index contributed by atoms with van der Waals surface area (Å²) < 4.78 is 50.5. The minimum absolute atomic E-state index is 0.000539.